The van der Waals surface area contributed by atoms with Gasteiger partial charge in [-0.2, -0.15) is 0 Å². The highest BCUT2D eigenvalue weighted by atomic mass is 35.5. The molecule has 18 heavy (non-hydrogen) atoms. The smallest absolute Gasteiger partial charge is 0.312 e. The first-order valence-corrected chi connectivity index (χ1v) is 5.55. The third kappa shape index (κ3) is 4.56. The van der Waals surface area contributed by atoms with Crippen molar-refractivity contribution in [2.24, 2.45) is 5.73 Å². The minimum atomic E-state index is -0.584. The Morgan fingerprint density at radius 2 is 2.17 bits per heavy atom. The molecule has 0 radical (unpaired) electrons. The van der Waals surface area contributed by atoms with Gasteiger partial charge in [0, 0.05) is 25.7 Å². The van der Waals surface area contributed by atoms with Crippen molar-refractivity contribution in [1.29, 1.82) is 0 Å². The van der Waals surface area contributed by atoms with Gasteiger partial charge < -0.3 is 16.4 Å². The first-order valence-electron chi connectivity index (χ1n) is 5.17. The number of nitro groups is 1. The molecule has 0 aliphatic heterocycles. The summed E-state index contributed by atoms with van der Waals surface area (Å²) in [5, 5.41) is 16.2. The second-order valence-corrected chi connectivity index (χ2v) is 3.92. The molecule has 0 atom stereocenters. The highest BCUT2D eigenvalue weighted by Gasteiger charge is 2.12. The third-order valence-electron chi connectivity index (χ3n) is 2.14. The number of nitrogens with zero attached hydrogens (tertiary/aromatic N) is 1. The maximum atomic E-state index is 10.7. The number of nitrogens with one attached hydrogen (secondary N) is 2. The highest BCUT2D eigenvalue weighted by Crippen LogP contribution is 2.24. The molecule has 0 aliphatic rings. The lowest BCUT2D eigenvalue weighted by Gasteiger charge is -2.05. The van der Waals surface area contributed by atoms with Crippen molar-refractivity contribution in [2.45, 2.75) is 6.54 Å². The number of primary amides is 1. The van der Waals surface area contributed by atoms with Crippen LogP contribution in [-0.4, -0.2) is 24.0 Å². The Labute approximate surface area is 108 Å². The molecule has 0 saturated carbocycles. The number of carbonyl (C=O) groups excluding carboxylic acids is 1. The summed E-state index contributed by atoms with van der Waals surface area (Å²) in [6.07, 6.45) is 0. The second-order valence-electron chi connectivity index (χ2n) is 3.51. The number of halogens is 1. The fourth-order valence-electron chi connectivity index (χ4n) is 1.31. The number of amides is 2. The molecule has 0 aliphatic carbocycles. The highest BCUT2D eigenvalue weighted by molar-refractivity contribution is 6.32. The van der Waals surface area contributed by atoms with Gasteiger partial charge in [0.05, 0.1) is 4.92 Å². The minimum Gasteiger partial charge on any atom is -0.352 e. The summed E-state index contributed by atoms with van der Waals surface area (Å²) in [4.78, 5) is 20.5. The number of nitrogens with two attached hydrogens (primary N) is 1. The zero-order chi connectivity index (χ0) is 13.5. The molecule has 0 aromatic heterocycles. The average molecular weight is 273 g/mol. The summed E-state index contributed by atoms with van der Waals surface area (Å²) in [6.45, 7) is 1.35. The van der Waals surface area contributed by atoms with E-state index in [9.17, 15) is 14.9 Å². The molecule has 4 N–H and O–H groups in total. The molecule has 0 bridgehead atoms. The zero-order valence-electron chi connectivity index (χ0n) is 9.48. The molecular formula is C10H13ClN4O3. The molecule has 1 aromatic rings. The van der Waals surface area contributed by atoms with E-state index in [-0.39, 0.29) is 10.7 Å². The van der Waals surface area contributed by atoms with Gasteiger partial charge in [0.25, 0.3) is 5.69 Å². The SMILES string of the molecule is NC(=O)NCCNCc1ccc(Cl)c([N+](=O)[O-])c1. The van der Waals surface area contributed by atoms with Crippen LogP contribution in [0.5, 0.6) is 0 Å². The number of carbonyl (C=O) groups is 1. The fraction of sp³-hybridized carbons (Fsp3) is 0.300. The molecule has 1 aromatic carbocycles. The van der Waals surface area contributed by atoms with Gasteiger partial charge in [0.15, 0.2) is 0 Å². The van der Waals surface area contributed by atoms with Gasteiger partial charge in [-0.3, -0.25) is 10.1 Å². The van der Waals surface area contributed by atoms with E-state index in [0.29, 0.717) is 19.6 Å². The zero-order valence-corrected chi connectivity index (χ0v) is 10.2. The van der Waals surface area contributed by atoms with Crippen molar-refractivity contribution in [1.82, 2.24) is 10.6 Å². The quantitative estimate of drug-likeness (QED) is 0.408. The molecule has 2 amide bonds. The first-order chi connectivity index (χ1) is 8.50. The monoisotopic (exact) mass is 272 g/mol. The van der Waals surface area contributed by atoms with Crippen LogP contribution in [0.25, 0.3) is 0 Å². The Morgan fingerprint density at radius 1 is 1.44 bits per heavy atom. The molecule has 0 fully saturated rings. The van der Waals surface area contributed by atoms with Crippen LogP contribution < -0.4 is 16.4 Å². The van der Waals surface area contributed by atoms with Crippen LogP contribution in [0.3, 0.4) is 0 Å². The van der Waals surface area contributed by atoms with Crippen LogP contribution in [0.15, 0.2) is 18.2 Å². The maximum absolute atomic E-state index is 10.7. The Morgan fingerprint density at radius 3 is 2.78 bits per heavy atom. The predicted octanol–water partition coefficient (Wildman–Crippen LogP) is 1.01. The number of hydrogen-bond donors (Lipinski definition) is 3. The van der Waals surface area contributed by atoms with Gasteiger partial charge in [-0.25, -0.2) is 4.79 Å². The van der Waals surface area contributed by atoms with Gasteiger partial charge in [-0.15, -0.1) is 0 Å². The largest absolute Gasteiger partial charge is 0.352 e. The normalized spacial score (nSPS) is 10.1. The Kier molecular flexibility index (Phi) is 5.34. The molecule has 0 unspecified atom stereocenters. The lowest BCUT2D eigenvalue weighted by molar-refractivity contribution is -0.384. The van der Waals surface area contributed by atoms with Crippen LogP contribution in [0.1, 0.15) is 5.56 Å². The lowest BCUT2D eigenvalue weighted by Crippen LogP contribution is -2.35. The van der Waals surface area contributed by atoms with Gasteiger partial charge in [-0.1, -0.05) is 17.7 Å². The van der Waals surface area contributed by atoms with E-state index in [4.69, 9.17) is 17.3 Å². The van der Waals surface area contributed by atoms with Crippen LogP contribution in [0.2, 0.25) is 5.02 Å². The van der Waals surface area contributed by atoms with Crippen molar-refractivity contribution in [3.63, 3.8) is 0 Å². The molecule has 8 heteroatoms. The van der Waals surface area contributed by atoms with Crippen molar-refractivity contribution < 1.29 is 9.72 Å². The number of urea groups is 1. The Bertz CT molecular complexity index is 453. The van der Waals surface area contributed by atoms with Gasteiger partial charge >= 0.3 is 6.03 Å². The second kappa shape index (κ2) is 6.77. The van der Waals surface area contributed by atoms with Crippen molar-refractivity contribution in [3.05, 3.63) is 38.9 Å². The number of nitro benzene ring substituents is 1. The van der Waals surface area contributed by atoms with E-state index < -0.39 is 11.0 Å². The topological polar surface area (TPSA) is 110 Å². The molecular weight excluding hydrogens is 260 g/mol. The van der Waals surface area contributed by atoms with Crippen molar-refractivity contribution in [2.75, 3.05) is 13.1 Å². The molecule has 0 heterocycles. The third-order valence-corrected chi connectivity index (χ3v) is 2.46. The van der Waals surface area contributed by atoms with Gasteiger partial charge in [0.1, 0.15) is 5.02 Å². The van der Waals surface area contributed by atoms with Crippen LogP contribution in [0, 0.1) is 10.1 Å². The van der Waals surface area contributed by atoms with E-state index in [1.807, 2.05) is 0 Å². The maximum Gasteiger partial charge on any atom is 0.312 e. The fourth-order valence-corrected chi connectivity index (χ4v) is 1.50. The summed E-state index contributed by atoms with van der Waals surface area (Å²) in [5.41, 5.74) is 5.51. The summed E-state index contributed by atoms with van der Waals surface area (Å²) < 4.78 is 0. The lowest BCUT2D eigenvalue weighted by atomic mass is 10.2. The molecule has 1 rings (SSSR count). The average Bonchev–Trinajstić information content (AvgIpc) is 2.30. The van der Waals surface area contributed by atoms with Gasteiger partial charge in [0.2, 0.25) is 0 Å². The number of rotatable bonds is 6. The van der Waals surface area contributed by atoms with Crippen LogP contribution in [0.4, 0.5) is 10.5 Å². The van der Waals surface area contributed by atoms with Crippen molar-refractivity contribution >= 4 is 23.3 Å². The summed E-state index contributed by atoms with van der Waals surface area (Å²) >= 11 is 5.69. The van der Waals surface area contributed by atoms with E-state index >= 15 is 0 Å². The van der Waals surface area contributed by atoms with E-state index in [0.717, 1.165) is 5.56 Å². The van der Waals surface area contributed by atoms with Crippen LogP contribution in [-0.2, 0) is 6.54 Å². The Hall–Kier alpha value is -1.86. The molecule has 0 saturated heterocycles. The summed E-state index contributed by atoms with van der Waals surface area (Å²) in [6, 6.07) is 4.01. The van der Waals surface area contributed by atoms with E-state index in [2.05, 4.69) is 10.6 Å². The van der Waals surface area contributed by atoms with E-state index in [1.165, 1.54) is 12.1 Å². The van der Waals surface area contributed by atoms with Crippen LogP contribution >= 0.6 is 11.6 Å². The standard InChI is InChI=1S/C10H13ClN4O3/c11-8-2-1-7(5-9(8)15(17)18)6-13-3-4-14-10(12)16/h1-2,5,13H,3-4,6H2,(H3,12,14,16). The number of hydrogen-bond acceptors (Lipinski definition) is 4. The predicted molar refractivity (Wildman–Crippen MR) is 67.4 cm³/mol. The Balaban J connectivity index is 2.45. The van der Waals surface area contributed by atoms with Crippen molar-refractivity contribution in [3.8, 4) is 0 Å². The minimum absolute atomic E-state index is 0.110. The first kappa shape index (κ1) is 14.2. The molecule has 0 spiro atoms. The summed E-state index contributed by atoms with van der Waals surface area (Å²) in [7, 11) is 0. The van der Waals surface area contributed by atoms with E-state index in [1.54, 1.807) is 6.07 Å². The number of benzene rings is 1. The summed E-state index contributed by atoms with van der Waals surface area (Å²) in [5.74, 6) is 0. The molecule has 7 nitrogen and oxygen atoms in total. The molecule has 98 valence electrons. The van der Waals surface area contributed by atoms with Gasteiger partial charge in [-0.05, 0) is 11.6 Å².